The van der Waals surface area contributed by atoms with Crippen LogP contribution in [-0.4, -0.2) is 24.9 Å². The summed E-state index contributed by atoms with van der Waals surface area (Å²) in [5, 5.41) is 15.8. The van der Waals surface area contributed by atoms with Crippen molar-refractivity contribution in [3.63, 3.8) is 0 Å². The lowest BCUT2D eigenvalue weighted by molar-refractivity contribution is -0.134. The van der Waals surface area contributed by atoms with Crippen molar-refractivity contribution < 1.29 is 31.5 Å². The summed E-state index contributed by atoms with van der Waals surface area (Å²) in [6.07, 6.45) is -5.50. The van der Waals surface area contributed by atoms with Gasteiger partial charge in [-0.05, 0) is 37.3 Å². The Hall–Kier alpha value is -3.52. The van der Waals surface area contributed by atoms with Crippen LogP contribution in [0.4, 0.5) is 27.6 Å². The van der Waals surface area contributed by atoms with Crippen LogP contribution in [0.2, 0.25) is 0 Å². The third-order valence-corrected chi connectivity index (χ3v) is 6.48. The van der Waals surface area contributed by atoms with Gasteiger partial charge in [0.2, 0.25) is 0 Å². The summed E-state index contributed by atoms with van der Waals surface area (Å²) < 4.78 is 71.4. The van der Waals surface area contributed by atoms with E-state index in [-0.39, 0.29) is 39.6 Å². The molecule has 5 nitrogen and oxygen atoms in total. The molecule has 190 valence electrons. The van der Waals surface area contributed by atoms with Gasteiger partial charge in [-0.1, -0.05) is 18.2 Å². The highest BCUT2D eigenvalue weighted by Gasteiger charge is 2.36. The minimum atomic E-state index is -4.31. The third kappa shape index (κ3) is 6.37. The number of nitrogens with one attached hydrogen (secondary N) is 2. The second-order valence-electron chi connectivity index (χ2n) is 7.84. The van der Waals surface area contributed by atoms with E-state index in [2.05, 4.69) is 10.6 Å². The molecule has 1 amide bonds. The van der Waals surface area contributed by atoms with Gasteiger partial charge in [-0.2, -0.15) is 18.4 Å². The summed E-state index contributed by atoms with van der Waals surface area (Å²) in [7, 11) is 1.42. The highest BCUT2D eigenvalue weighted by Crippen LogP contribution is 2.42. The van der Waals surface area contributed by atoms with Crippen molar-refractivity contribution in [1.29, 1.82) is 5.26 Å². The molecule has 0 spiro atoms. The Morgan fingerprint density at radius 3 is 2.58 bits per heavy atom. The van der Waals surface area contributed by atoms with Crippen molar-refractivity contribution in [2.24, 2.45) is 0 Å². The van der Waals surface area contributed by atoms with Gasteiger partial charge >= 0.3 is 6.18 Å². The van der Waals surface area contributed by atoms with E-state index in [9.17, 15) is 32.0 Å². The fourth-order valence-corrected chi connectivity index (χ4v) is 4.80. The molecule has 0 fully saturated rings. The number of carbonyl (C=O) groups excluding carboxylic acids is 1. The molecule has 2 aromatic rings. The van der Waals surface area contributed by atoms with Crippen LogP contribution < -0.4 is 15.4 Å². The molecule has 2 aromatic carbocycles. The first kappa shape index (κ1) is 27.1. The molecule has 0 aromatic heterocycles. The Balaban J connectivity index is 2.02. The smallest absolute Gasteiger partial charge is 0.389 e. The van der Waals surface area contributed by atoms with E-state index in [0.29, 0.717) is 17.5 Å². The number of methoxy groups -OCH3 is 1. The molecule has 1 unspecified atom stereocenters. The number of hydrogen-bond acceptors (Lipinski definition) is 5. The van der Waals surface area contributed by atoms with Gasteiger partial charge in [-0.3, -0.25) is 4.79 Å². The molecular weight excluding hydrogens is 501 g/mol. The van der Waals surface area contributed by atoms with Crippen molar-refractivity contribution in [3.05, 3.63) is 81.5 Å². The number of para-hydroxylation sites is 2. The number of hydrogen-bond donors (Lipinski definition) is 2. The zero-order valence-corrected chi connectivity index (χ0v) is 20.1. The normalized spacial score (nSPS) is 15.9. The molecule has 3 rings (SSSR count). The van der Waals surface area contributed by atoms with Crippen molar-refractivity contribution >= 4 is 23.4 Å². The summed E-state index contributed by atoms with van der Waals surface area (Å²) in [5.41, 5.74) is 0.426. The van der Waals surface area contributed by atoms with Crippen molar-refractivity contribution in [2.75, 3.05) is 18.2 Å². The van der Waals surface area contributed by atoms with Gasteiger partial charge in [0.25, 0.3) is 5.91 Å². The molecule has 11 heteroatoms. The quantitative estimate of drug-likeness (QED) is 0.310. The molecule has 1 atom stereocenters. The summed E-state index contributed by atoms with van der Waals surface area (Å²) in [6, 6.07) is 11.4. The van der Waals surface area contributed by atoms with Gasteiger partial charge in [-0.15, -0.1) is 11.8 Å². The lowest BCUT2D eigenvalue weighted by Crippen LogP contribution is -2.31. The highest BCUT2D eigenvalue weighted by molar-refractivity contribution is 8.03. The lowest BCUT2D eigenvalue weighted by atomic mass is 9.81. The largest absolute Gasteiger partial charge is 0.495 e. The number of nitrogens with zero attached hydrogens (tertiary/aromatic N) is 1. The summed E-state index contributed by atoms with van der Waals surface area (Å²) in [5.74, 6) is -3.29. The van der Waals surface area contributed by atoms with Crippen LogP contribution in [0.5, 0.6) is 5.75 Å². The molecule has 1 heterocycles. The van der Waals surface area contributed by atoms with Gasteiger partial charge in [0.1, 0.15) is 17.4 Å². The van der Waals surface area contributed by atoms with Crippen molar-refractivity contribution in [1.82, 2.24) is 5.32 Å². The number of allylic oxidation sites excluding steroid dienone is 2. The minimum Gasteiger partial charge on any atom is -0.495 e. The number of nitriles is 1. The van der Waals surface area contributed by atoms with E-state index in [0.717, 1.165) is 23.9 Å². The number of halogens is 5. The minimum absolute atomic E-state index is 0.00241. The van der Waals surface area contributed by atoms with E-state index < -0.39 is 36.1 Å². The zero-order chi connectivity index (χ0) is 26.5. The molecule has 0 saturated carbocycles. The van der Waals surface area contributed by atoms with Crippen LogP contribution >= 0.6 is 11.8 Å². The van der Waals surface area contributed by atoms with E-state index in [1.165, 1.54) is 14.0 Å². The van der Waals surface area contributed by atoms with Crippen molar-refractivity contribution in [2.45, 2.75) is 31.9 Å². The number of carbonyl (C=O) groups is 1. The average Bonchev–Trinajstić information content (AvgIpc) is 2.81. The number of benzene rings is 2. The predicted molar refractivity (Wildman–Crippen MR) is 127 cm³/mol. The maximum absolute atomic E-state index is 14.9. The number of ether oxygens (including phenoxy) is 1. The van der Waals surface area contributed by atoms with Crippen LogP contribution in [-0.2, 0) is 4.79 Å². The zero-order valence-electron chi connectivity index (χ0n) is 19.3. The van der Waals surface area contributed by atoms with Crippen LogP contribution in [0.1, 0.15) is 31.2 Å². The number of thioether (sulfide) groups is 1. The summed E-state index contributed by atoms with van der Waals surface area (Å²) >= 11 is 0.969. The predicted octanol–water partition coefficient (Wildman–Crippen LogP) is 6.38. The summed E-state index contributed by atoms with van der Waals surface area (Å²) in [4.78, 5) is 13.4. The monoisotopic (exact) mass is 523 g/mol. The topological polar surface area (TPSA) is 74.2 Å². The SMILES string of the molecule is COc1ccccc1NC(=O)C1=C(C)NC(SCCCC(F)(F)F)=C(C#N)C1c1ccc(F)cc1F. The average molecular weight is 524 g/mol. The maximum atomic E-state index is 14.9. The number of rotatable bonds is 8. The molecule has 0 bridgehead atoms. The fourth-order valence-electron chi connectivity index (χ4n) is 3.76. The van der Waals surface area contributed by atoms with Crippen LogP contribution in [0.25, 0.3) is 0 Å². The number of amides is 1. The van der Waals surface area contributed by atoms with Crippen LogP contribution in [0.3, 0.4) is 0 Å². The number of alkyl halides is 3. The van der Waals surface area contributed by atoms with Gasteiger partial charge in [-0.25, -0.2) is 8.78 Å². The number of dihydropyridines is 1. The first-order chi connectivity index (χ1) is 17.1. The van der Waals surface area contributed by atoms with E-state index in [4.69, 9.17) is 4.74 Å². The Morgan fingerprint density at radius 2 is 1.94 bits per heavy atom. The first-order valence-electron chi connectivity index (χ1n) is 10.8. The molecule has 0 radical (unpaired) electrons. The number of anilines is 1. The fraction of sp³-hybridized carbons (Fsp3) is 0.280. The molecular formula is C25H22F5N3O2S. The molecule has 2 N–H and O–H groups in total. The van der Waals surface area contributed by atoms with Gasteiger partial charge in [0, 0.05) is 29.3 Å². The maximum Gasteiger partial charge on any atom is 0.389 e. The second-order valence-corrected chi connectivity index (χ2v) is 8.94. The second kappa shape index (κ2) is 11.5. The van der Waals surface area contributed by atoms with E-state index in [1.807, 2.05) is 6.07 Å². The Labute approximate surface area is 209 Å². The summed E-state index contributed by atoms with van der Waals surface area (Å²) in [6.45, 7) is 1.54. The third-order valence-electron chi connectivity index (χ3n) is 5.37. The Kier molecular flexibility index (Phi) is 8.63. The molecule has 1 aliphatic rings. The van der Waals surface area contributed by atoms with E-state index >= 15 is 0 Å². The van der Waals surface area contributed by atoms with Gasteiger partial charge < -0.3 is 15.4 Å². The standard InChI is InChI=1S/C25H22F5N3O2S/c1-14-21(23(34)33-19-6-3-4-7-20(19)35-2)22(16-9-8-15(26)12-18(16)27)17(13-31)24(32-14)36-11-5-10-25(28,29)30/h3-4,6-9,12,22,32H,5,10-11H2,1-2H3,(H,33,34). The van der Waals surface area contributed by atoms with Crippen LogP contribution in [0, 0.1) is 23.0 Å². The molecule has 0 saturated heterocycles. The lowest BCUT2D eigenvalue weighted by Gasteiger charge is -2.30. The van der Waals surface area contributed by atoms with E-state index in [1.54, 1.807) is 24.3 Å². The molecule has 1 aliphatic heterocycles. The Morgan fingerprint density at radius 1 is 1.22 bits per heavy atom. The van der Waals surface area contributed by atoms with Crippen LogP contribution in [0.15, 0.2) is 64.3 Å². The molecule has 36 heavy (non-hydrogen) atoms. The highest BCUT2D eigenvalue weighted by atomic mass is 32.2. The van der Waals surface area contributed by atoms with Gasteiger partial charge in [0.05, 0.1) is 35.4 Å². The molecule has 0 aliphatic carbocycles. The first-order valence-corrected chi connectivity index (χ1v) is 11.7. The van der Waals surface area contributed by atoms with Gasteiger partial charge in [0.15, 0.2) is 0 Å². The van der Waals surface area contributed by atoms with Crippen molar-refractivity contribution in [3.8, 4) is 11.8 Å². The Bertz CT molecular complexity index is 1250.